The van der Waals surface area contributed by atoms with E-state index in [0.717, 1.165) is 11.1 Å². The first-order valence-electron chi connectivity index (χ1n) is 7.43. The van der Waals surface area contributed by atoms with E-state index >= 15 is 0 Å². The van der Waals surface area contributed by atoms with Gasteiger partial charge in [0.2, 0.25) is 0 Å². The Labute approximate surface area is 139 Å². The summed E-state index contributed by atoms with van der Waals surface area (Å²) >= 11 is 0. The van der Waals surface area contributed by atoms with Gasteiger partial charge in [-0.1, -0.05) is 72.8 Å². The van der Waals surface area contributed by atoms with Gasteiger partial charge in [0.1, 0.15) is 5.69 Å². The first kappa shape index (κ1) is 15.4. The Morgan fingerprint density at radius 2 is 1.29 bits per heavy atom. The molecule has 0 aromatic heterocycles. The van der Waals surface area contributed by atoms with Crippen molar-refractivity contribution in [2.45, 2.75) is 0 Å². The summed E-state index contributed by atoms with van der Waals surface area (Å²) in [7, 11) is 0. The average Bonchev–Trinajstić information content (AvgIpc) is 2.64. The maximum atomic E-state index is 11.1. The zero-order valence-corrected chi connectivity index (χ0v) is 12.8. The second-order valence-electron chi connectivity index (χ2n) is 5.08. The smallest absolute Gasteiger partial charge is 0.271 e. The van der Waals surface area contributed by atoms with Crippen LogP contribution < -0.4 is 5.43 Å². The predicted molar refractivity (Wildman–Crippen MR) is 95.2 cm³/mol. The number of benzene rings is 3. The molecule has 0 aliphatic carbocycles. The van der Waals surface area contributed by atoms with Gasteiger partial charge < -0.3 is 0 Å². The van der Waals surface area contributed by atoms with E-state index in [-0.39, 0.29) is 5.69 Å². The molecule has 3 aromatic rings. The van der Waals surface area contributed by atoms with Crippen molar-refractivity contribution in [1.29, 1.82) is 0 Å². The van der Waals surface area contributed by atoms with Crippen LogP contribution in [0.5, 0.6) is 0 Å². The average molecular weight is 317 g/mol. The van der Waals surface area contributed by atoms with E-state index in [2.05, 4.69) is 10.5 Å². The van der Waals surface area contributed by atoms with Crippen molar-refractivity contribution >= 4 is 17.1 Å². The van der Waals surface area contributed by atoms with Crippen molar-refractivity contribution in [3.8, 4) is 0 Å². The van der Waals surface area contributed by atoms with Crippen molar-refractivity contribution in [1.82, 2.24) is 0 Å². The van der Waals surface area contributed by atoms with Crippen LogP contribution in [0, 0.1) is 10.1 Å². The van der Waals surface area contributed by atoms with Gasteiger partial charge in [-0.15, -0.1) is 0 Å². The number of rotatable bonds is 5. The van der Waals surface area contributed by atoms with E-state index in [4.69, 9.17) is 0 Å². The largest absolute Gasteiger partial charge is 0.294 e. The van der Waals surface area contributed by atoms with Gasteiger partial charge in [0, 0.05) is 17.2 Å². The lowest BCUT2D eigenvalue weighted by molar-refractivity contribution is -0.384. The minimum Gasteiger partial charge on any atom is -0.271 e. The molecule has 1 N–H and O–H groups in total. The molecule has 0 heterocycles. The fourth-order valence-electron chi connectivity index (χ4n) is 2.33. The summed E-state index contributed by atoms with van der Waals surface area (Å²) in [6.45, 7) is 0. The molecule has 0 fully saturated rings. The SMILES string of the molecule is O=[N+]([O-])c1ccccc1NN=C(c1ccccc1)c1ccccc1. The molecule has 0 spiro atoms. The number of anilines is 1. The monoisotopic (exact) mass is 317 g/mol. The van der Waals surface area contributed by atoms with Crippen LogP contribution in [-0.4, -0.2) is 10.6 Å². The highest BCUT2D eigenvalue weighted by molar-refractivity contribution is 6.13. The van der Waals surface area contributed by atoms with E-state index in [9.17, 15) is 10.1 Å². The van der Waals surface area contributed by atoms with Gasteiger partial charge in [-0.25, -0.2) is 0 Å². The highest BCUT2D eigenvalue weighted by Gasteiger charge is 2.12. The molecule has 5 nitrogen and oxygen atoms in total. The number of nitro benzene ring substituents is 1. The number of hydrogen-bond acceptors (Lipinski definition) is 4. The molecule has 0 saturated heterocycles. The molecule has 0 saturated carbocycles. The van der Waals surface area contributed by atoms with Gasteiger partial charge in [0.05, 0.1) is 10.6 Å². The first-order valence-corrected chi connectivity index (χ1v) is 7.43. The number of nitro groups is 1. The second kappa shape index (κ2) is 7.19. The Hall–Kier alpha value is -3.47. The van der Waals surface area contributed by atoms with E-state index in [0.29, 0.717) is 11.4 Å². The molecule has 0 unspecified atom stereocenters. The molecule has 0 bridgehead atoms. The second-order valence-corrected chi connectivity index (χ2v) is 5.08. The summed E-state index contributed by atoms with van der Waals surface area (Å²) in [4.78, 5) is 10.7. The lowest BCUT2D eigenvalue weighted by Gasteiger charge is -2.08. The third-order valence-electron chi connectivity index (χ3n) is 3.48. The highest BCUT2D eigenvalue weighted by atomic mass is 16.6. The molecule has 0 aliphatic heterocycles. The topological polar surface area (TPSA) is 67.5 Å². The van der Waals surface area contributed by atoms with Gasteiger partial charge in [0.15, 0.2) is 0 Å². The van der Waals surface area contributed by atoms with Crippen molar-refractivity contribution in [3.63, 3.8) is 0 Å². The summed E-state index contributed by atoms with van der Waals surface area (Å²) in [6.07, 6.45) is 0. The first-order chi connectivity index (χ1) is 11.8. The van der Waals surface area contributed by atoms with Crippen LogP contribution in [0.25, 0.3) is 0 Å². The molecule has 0 atom stereocenters. The number of nitrogens with zero attached hydrogens (tertiary/aromatic N) is 2. The Balaban J connectivity index is 2.01. The molecule has 0 amide bonds. The van der Waals surface area contributed by atoms with Gasteiger partial charge in [-0.2, -0.15) is 5.10 Å². The molecule has 3 rings (SSSR count). The molecular formula is C19H15N3O2. The highest BCUT2D eigenvalue weighted by Crippen LogP contribution is 2.23. The fourth-order valence-corrected chi connectivity index (χ4v) is 2.33. The normalized spacial score (nSPS) is 10.0. The van der Waals surface area contributed by atoms with Crippen LogP contribution in [-0.2, 0) is 0 Å². The molecule has 5 heteroatoms. The van der Waals surface area contributed by atoms with E-state index in [1.165, 1.54) is 6.07 Å². The van der Waals surface area contributed by atoms with Gasteiger partial charge in [0.25, 0.3) is 5.69 Å². The number of hydrogen-bond donors (Lipinski definition) is 1. The lowest BCUT2D eigenvalue weighted by Crippen LogP contribution is -2.07. The van der Waals surface area contributed by atoms with Gasteiger partial charge in [-0.05, 0) is 6.07 Å². The van der Waals surface area contributed by atoms with Crippen LogP contribution in [0.4, 0.5) is 11.4 Å². The molecular weight excluding hydrogens is 302 g/mol. The Kier molecular flexibility index (Phi) is 4.62. The predicted octanol–water partition coefficient (Wildman–Crippen LogP) is 4.46. The van der Waals surface area contributed by atoms with E-state index in [1.807, 2.05) is 60.7 Å². The van der Waals surface area contributed by atoms with Crippen LogP contribution in [0.2, 0.25) is 0 Å². The van der Waals surface area contributed by atoms with Crippen molar-refractivity contribution < 1.29 is 4.92 Å². The zero-order chi connectivity index (χ0) is 16.8. The molecule has 118 valence electrons. The van der Waals surface area contributed by atoms with Crippen LogP contribution in [0.1, 0.15) is 11.1 Å². The molecule has 24 heavy (non-hydrogen) atoms. The number of para-hydroxylation sites is 2. The van der Waals surface area contributed by atoms with Crippen molar-refractivity contribution in [2.24, 2.45) is 5.10 Å². The number of hydrazone groups is 1. The quantitative estimate of drug-likeness (QED) is 0.429. The third-order valence-corrected chi connectivity index (χ3v) is 3.48. The number of nitrogens with one attached hydrogen (secondary N) is 1. The Bertz CT molecular complexity index is 821. The molecule has 0 radical (unpaired) electrons. The lowest BCUT2D eigenvalue weighted by atomic mass is 10.0. The standard InChI is InChI=1S/C19H15N3O2/c23-22(24)18-14-8-7-13-17(18)20-21-19(15-9-3-1-4-10-15)16-11-5-2-6-12-16/h1-14,20H. The maximum absolute atomic E-state index is 11.1. The fraction of sp³-hybridized carbons (Fsp3) is 0. The maximum Gasteiger partial charge on any atom is 0.294 e. The Morgan fingerprint density at radius 3 is 1.83 bits per heavy atom. The van der Waals surface area contributed by atoms with Crippen LogP contribution in [0.3, 0.4) is 0 Å². The van der Waals surface area contributed by atoms with Crippen molar-refractivity contribution in [2.75, 3.05) is 5.43 Å². The van der Waals surface area contributed by atoms with Crippen molar-refractivity contribution in [3.05, 3.63) is 106 Å². The minimum absolute atomic E-state index is 0.0123. The van der Waals surface area contributed by atoms with E-state index < -0.39 is 4.92 Å². The Morgan fingerprint density at radius 1 is 0.792 bits per heavy atom. The molecule has 0 aliphatic rings. The summed E-state index contributed by atoms with van der Waals surface area (Å²) < 4.78 is 0. The van der Waals surface area contributed by atoms with Crippen LogP contribution in [0.15, 0.2) is 90.0 Å². The van der Waals surface area contributed by atoms with Gasteiger partial charge in [-0.3, -0.25) is 15.5 Å². The van der Waals surface area contributed by atoms with Crippen LogP contribution >= 0.6 is 0 Å². The summed E-state index contributed by atoms with van der Waals surface area (Å²) in [5.74, 6) is 0. The third kappa shape index (κ3) is 3.47. The zero-order valence-electron chi connectivity index (χ0n) is 12.8. The summed E-state index contributed by atoms with van der Waals surface area (Å²) in [6, 6.07) is 25.8. The summed E-state index contributed by atoms with van der Waals surface area (Å²) in [5, 5.41) is 15.6. The van der Waals surface area contributed by atoms with E-state index in [1.54, 1.807) is 18.2 Å². The molecule has 3 aromatic carbocycles. The van der Waals surface area contributed by atoms with Gasteiger partial charge >= 0.3 is 0 Å². The minimum atomic E-state index is -0.428. The summed E-state index contributed by atoms with van der Waals surface area (Å²) in [5.41, 5.74) is 5.75.